The van der Waals surface area contributed by atoms with Crippen molar-refractivity contribution < 1.29 is 15.0 Å². The molecule has 0 radical (unpaired) electrons. The Balaban J connectivity index is 1.90. The molecule has 4 atom stereocenters. The van der Waals surface area contributed by atoms with E-state index < -0.39 is 12.0 Å². The number of aliphatic hydroxyl groups is 2. The van der Waals surface area contributed by atoms with Gasteiger partial charge in [0, 0.05) is 12.3 Å². The van der Waals surface area contributed by atoms with E-state index in [1.165, 1.54) is 6.33 Å². The third kappa shape index (κ3) is 2.04. The van der Waals surface area contributed by atoms with Crippen LogP contribution in [0.4, 0.5) is 0 Å². The number of fused-ring (bicyclic) bond motifs is 1. The molecule has 0 spiro atoms. The van der Waals surface area contributed by atoms with Crippen LogP contribution in [-0.4, -0.2) is 43.1 Å². The Morgan fingerprint density at radius 1 is 1.42 bits per heavy atom. The van der Waals surface area contributed by atoms with Gasteiger partial charge in [-0.25, -0.2) is 9.67 Å². The van der Waals surface area contributed by atoms with Crippen molar-refractivity contribution in [3.05, 3.63) is 23.8 Å². The summed E-state index contributed by atoms with van der Waals surface area (Å²) in [5.74, 6) is -0.716. The van der Waals surface area contributed by atoms with Crippen LogP contribution in [0.2, 0.25) is 0 Å². The lowest BCUT2D eigenvalue weighted by Crippen LogP contribution is -2.24. The number of primary amides is 1. The van der Waals surface area contributed by atoms with Crippen molar-refractivity contribution in [1.29, 1.82) is 0 Å². The van der Waals surface area contributed by atoms with Crippen molar-refractivity contribution in [1.82, 2.24) is 14.8 Å². The molecule has 0 unspecified atom stereocenters. The molecular weight excluding hydrogens is 248 g/mol. The molecule has 3 rings (SSSR count). The van der Waals surface area contributed by atoms with Crippen molar-refractivity contribution in [3.8, 4) is 0 Å². The lowest BCUT2D eigenvalue weighted by atomic mass is 9.86. The third-order valence-corrected chi connectivity index (χ3v) is 3.94. The summed E-state index contributed by atoms with van der Waals surface area (Å²) in [5, 5.41) is 23.8. The van der Waals surface area contributed by atoms with E-state index in [9.17, 15) is 15.0 Å². The molecule has 102 valence electrons. The Morgan fingerprint density at radius 2 is 2.21 bits per heavy atom. The summed E-state index contributed by atoms with van der Waals surface area (Å²) in [6, 6.07) is -0.104. The summed E-state index contributed by atoms with van der Waals surface area (Å²) >= 11 is 0. The van der Waals surface area contributed by atoms with E-state index in [4.69, 9.17) is 5.73 Å². The van der Waals surface area contributed by atoms with Gasteiger partial charge in [-0.3, -0.25) is 4.79 Å². The van der Waals surface area contributed by atoms with Crippen LogP contribution in [0.15, 0.2) is 18.0 Å². The average molecular weight is 264 g/mol. The number of hydrogen-bond acceptors (Lipinski definition) is 5. The Bertz CT molecular complexity index is 539. The second-order valence-corrected chi connectivity index (χ2v) is 5.17. The molecule has 0 bridgehead atoms. The van der Waals surface area contributed by atoms with Gasteiger partial charge in [-0.05, 0) is 18.4 Å². The van der Waals surface area contributed by atoms with E-state index in [1.54, 1.807) is 4.68 Å². The molecule has 4 N–H and O–H groups in total. The molecule has 7 heteroatoms. The first-order valence-corrected chi connectivity index (χ1v) is 6.33. The van der Waals surface area contributed by atoms with Crippen molar-refractivity contribution in [2.45, 2.75) is 37.5 Å². The molecule has 19 heavy (non-hydrogen) atoms. The molecule has 1 aromatic heterocycles. The lowest BCUT2D eigenvalue weighted by molar-refractivity contribution is 0.0844. The highest BCUT2D eigenvalue weighted by molar-refractivity contribution is 5.88. The molecular formula is C12H16N4O3. The summed E-state index contributed by atoms with van der Waals surface area (Å²) in [6.45, 7) is 0. The van der Waals surface area contributed by atoms with Gasteiger partial charge < -0.3 is 15.9 Å². The van der Waals surface area contributed by atoms with Gasteiger partial charge in [0.2, 0.25) is 5.82 Å². The summed E-state index contributed by atoms with van der Waals surface area (Å²) in [5.41, 5.74) is 6.20. The van der Waals surface area contributed by atoms with Gasteiger partial charge >= 0.3 is 0 Å². The zero-order valence-electron chi connectivity index (χ0n) is 10.3. The van der Waals surface area contributed by atoms with Crippen LogP contribution >= 0.6 is 0 Å². The van der Waals surface area contributed by atoms with Crippen LogP contribution in [0.3, 0.4) is 0 Å². The molecule has 1 saturated carbocycles. The molecule has 1 heterocycles. The van der Waals surface area contributed by atoms with E-state index >= 15 is 0 Å². The third-order valence-electron chi connectivity index (χ3n) is 3.94. The molecule has 1 fully saturated rings. The van der Waals surface area contributed by atoms with Crippen LogP contribution in [0.25, 0.3) is 0 Å². The number of aliphatic hydroxyl groups excluding tert-OH is 2. The highest BCUT2D eigenvalue weighted by Crippen LogP contribution is 2.44. The highest BCUT2D eigenvalue weighted by Gasteiger charge is 2.41. The zero-order valence-corrected chi connectivity index (χ0v) is 10.3. The van der Waals surface area contributed by atoms with Crippen LogP contribution in [0.5, 0.6) is 0 Å². The molecule has 7 nitrogen and oxygen atoms in total. The molecule has 2 aliphatic carbocycles. The van der Waals surface area contributed by atoms with Gasteiger partial charge in [0.25, 0.3) is 5.91 Å². The molecule has 0 aromatic carbocycles. The Labute approximate surface area is 109 Å². The number of amides is 1. The fourth-order valence-corrected chi connectivity index (χ4v) is 3.04. The summed E-state index contributed by atoms with van der Waals surface area (Å²) in [7, 11) is 0. The molecule has 0 aliphatic heterocycles. The monoisotopic (exact) mass is 264 g/mol. The number of carbonyl (C=O) groups excluding carboxylic acids is 1. The minimum absolute atomic E-state index is 0.0191. The predicted molar refractivity (Wildman–Crippen MR) is 65.0 cm³/mol. The normalized spacial score (nSPS) is 33.9. The Hall–Kier alpha value is -1.73. The maximum atomic E-state index is 11.0. The molecule has 0 saturated heterocycles. The van der Waals surface area contributed by atoms with E-state index in [1.807, 2.05) is 6.08 Å². The predicted octanol–water partition coefficient (Wildman–Crippen LogP) is -0.620. The van der Waals surface area contributed by atoms with Gasteiger partial charge in [-0.2, -0.15) is 0 Å². The Kier molecular flexibility index (Phi) is 2.87. The number of carbonyl (C=O) groups is 1. The number of nitrogens with two attached hydrogens (primary N) is 1. The number of hydrogen-bond donors (Lipinski definition) is 3. The first-order chi connectivity index (χ1) is 9.06. The summed E-state index contributed by atoms with van der Waals surface area (Å²) in [6.07, 6.45) is 4.22. The van der Waals surface area contributed by atoms with Crippen molar-refractivity contribution in [2.24, 2.45) is 11.7 Å². The fourth-order valence-electron chi connectivity index (χ4n) is 3.04. The first kappa shape index (κ1) is 12.3. The zero-order chi connectivity index (χ0) is 13.6. The largest absolute Gasteiger partial charge is 0.393 e. The van der Waals surface area contributed by atoms with E-state index in [-0.39, 0.29) is 23.9 Å². The standard InChI is InChI=1S/C12H16N4O3/c13-11(19)12-14-5-16(15-12)9-4-10(18)8-3-6(17)1-2-7(8)9/h2,5-6,8-10,17-18H,1,3-4H2,(H2,13,19)/t6-,8-,9-,10-/m0/s1. The van der Waals surface area contributed by atoms with Gasteiger partial charge in [0.15, 0.2) is 0 Å². The van der Waals surface area contributed by atoms with Crippen molar-refractivity contribution in [2.75, 3.05) is 0 Å². The van der Waals surface area contributed by atoms with E-state index in [0.29, 0.717) is 19.3 Å². The second kappa shape index (κ2) is 4.43. The molecule has 2 aliphatic rings. The van der Waals surface area contributed by atoms with Gasteiger partial charge in [-0.1, -0.05) is 6.08 Å². The smallest absolute Gasteiger partial charge is 0.288 e. The molecule has 1 amide bonds. The fraction of sp³-hybridized carbons (Fsp3) is 0.583. The first-order valence-electron chi connectivity index (χ1n) is 6.33. The van der Waals surface area contributed by atoms with Gasteiger partial charge in [0.05, 0.1) is 18.2 Å². The van der Waals surface area contributed by atoms with E-state index in [2.05, 4.69) is 10.1 Å². The van der Waals surface area contributed by atoms with Gasteiger partial charge in [-0.15, -0.1) is 5.10 Å². The van der Waals surface area contributed by atoms with Crippen molar-refractivity contribution in [3.63, 3.8) is 0 Å². The topological polar surface area (TPSA) is 114 Å². The van der Waals surface area contributed by atoms with Gasteiger partial charge in [0.1, 0.15) is 6.33 Å². The minimum Gasteiger partial charge on any atom is -0.393 e. The van der Waals surface area contributed by atoms with Crippen LogP contribution in [0, 0.1) is 5.92 Å². The maximum Gasteiger partial charge on any atom is 0.288 e. The van der Waals surface area contributed by atoms with E-state index in [0.717, 1.165) is 5.57 Å². The summed E-state index contributed by atoms with van der Waals surface area (Å²) < 4.78 is 1.58. The average Bonchev–Trinajstić information content (AvgIpc) is 2.95. The number of nitrogens with zero attached hydrogens (tertiary/aromatic N) is 3. The number of aromatic nitrogens is 3. The summed E-state index contributed by atoms with van der Waals surface area (Å²) in [4.78, 5) is 14.9. The highest BCUT2D eigenvalue weighted by atomic mass is 16.3. The van der Waals surface area contributed by atoms with Crippen LogP contribution in [-0.2, 0) is 0 Å². The minimum atomic E-state index is -0.665. The maximum absolute atomic E-state index is 11.0. The Morgan fingerprint density at radius 3 is 2.89 bits per heavy atom. The van der Waals surface area contributed by atoms with Crippen molar-refractivity contribution >= 4 is 5.91 Å². The SMILES string of the molecule is NC(=O)c1ncn([C@H]2C[C@H](O)[C@H]3C[C@@H](O)CC=C32)n1. The number of rotatable bonds is 2. The lowest BCUT2D eigenvalue weighted by Gasteiger charge is -2.25. The van der Waals surface area contributed by atoms with Crippen LogP contribution in [0.1, 0.15) is 35.9 Å². The second-order valence-electron chi connectivity index (χ2n) is 5.17. The quantitative estimate of drug-likeness (QED) is 0.616. The molecule has 1 aromatic rings. The van der Waals surface area contributed by atoms with Crippen LogP contribution < -0.4 is 5.73 Å².